The van der Waals surface area contributed by atoms with Crippen LogP contribution < -0.4 is 4.90 Å². The third kappa shape index (κ3) is 3.46. The van der Waals surface area contributed by atoms with E-state index in [0.717, 1.165) is 57.9 Å². The van der Waals surface area contributed by atoms with Gasteiger partial charge < -0.3 is 14.4 Å². The van der Waals surface area contributed by atoms with Gasteiger partial charge in [0.25, 0.3) is 0 Å². The molecule has 0 bridgehead atoms. The van der Waals surface area contributed by atoms with Gasteiger partial charge in [0.05, 0.1) is 23.2 Å². The summed E-state index contributed by atoms with van der Waals surface area (Å²) >= 11 is 2.01. The van der Waals surface area contributed by atoms with E-state index in [2.05, 4.69) is 14.9 Å². The molecule has 3 fully saturated rings. The maximum atomic E-state index is 12.9. The van der Waals surface area contributed by atoms with Crippen LogP contribution >= 0.6 is 11.8 Å². The van der Waals surface area contributed by atoms with Crippen molar-refractivity contribution < 1.29 is 13.9 Å². The standard InChI is InChI=1S/C16H22FN3O2S/c17-13-6-18-15(19-7-13)20-10-16(11-20)5-14(9-23-16)22-8-12-1-3-21-4-2-12/h6-7,12,14H,1-5,8-11H2/t14-/m0/s1. The van der Waals surface area contributed by atoms with E-state index in [1.54, 1.807) is 0 Å². The molecule has 4 rings (SSSR count). The largest absolute Gasteiger partial charge is 0.381 e. The van der Waals surface area contributed by atoms with Crippen LogP contribution in [0, 0.1) is 11.7 Å². The summed E-state index contributed by atoms with van der Waals surface area (Å²) < 4.78 is 24.7. The van der Waals surface area contributed by atoms with Gasteiger partial charge in [-0.15, -0.1) is 11.8 Å². The lowest BCUT2D eigenvalue weighted by Crippen LogP contribution is -2.59. The number of aromatic nitrogens is 2. The molecule has 1 aromatic rings. The number of anilines is 1. The van der Waals surface area contributed by atoms with Crippen molar-refractivity contribution in [2.75, 3.05) is 43.6 Å². The van der Waals surface area contributed by atoms with Crippen LogP contribution in [0.2, 0.25) is 0 Å². The van der Waals surface area contributed by atoms with Crippen molar-refractivity contribution in [2.24, 2.45) is 5.92 Å². The van der Waals surface area contributed by atoms with Gasteiger partial charge in [-0.25, -0.2) is 14.4 Å². The summed E-state index contributed by atoms with van der Waals surface area (Å²) in [5.41, 5.74) is 0. The normalized spacial score (nSPS) is 27.3. The number of halogens is 1. The minimum absolute atomic E-state index is 0.276. The molecule has 0 N–H and O–H groups in total. The lowest BCUT2D eigenvalue weighted by molar-refractivity contribution is -0.00653. The molecule has 0 radical (unpaired) electrons. The summed E-state index contributed by atoms with van der Waals surface area (Å²) in [6, 6.07) is 0. The fraction of sp³-hybridized carbons (Fsp3) is 0.750. The van der Waals surface area contributed by atoms with Gasteiger partial charge in [-0.3, -0.25) is 0 Å². The van der Waals surface area contributed by atoms with Crippen molar-refractivity contribution in [2.45, 2.75) is 30.1 Å². The lowest BCUT2D eigenvalue weighted by atomic mass is 9.93. The Morgan fingerprint density at radius 2 is 2.04 bits per heavy atom. The molecule has 0 aliphatic carbocycles. The molecule has 1 aromatic heterocycles. The van der Waals surface area contributed by atoms with Crippen LogP contribution in [0.1, 0.15) is 19.3 Å². The van der Waals surface area contributed by atoms with Crippen LogP contribution in [0.5, 0.6) is 0 Å². The molecule has 3 saturated heterocycles. The van der Waals surface area contributed by atoms with Gasteiger partial charge in [0.1, 0.15) is 0 Å². The van der Waals surface area contributed by atoms with Crippen molar-refractivity contribution in [3.05, 3.63) is 18.2 Å². The molecule has 4 heterocycles. The monoisotopic (exact) mass is 339 g/mol. The Morgan fingerprint density at radius 3 is 2.78 bits per heavy atom. The topological polar surface area (TPSA) is 47.5 Å². The minimum Gasteiger partial charge on any atom is -0.381 e. The van der Waals surface area contributed by atoms with Gasteiger partial charge in [0.2, 0.25) is 5.95 Å². The summed E-state index contributed by atoms with van der Waals surface area (Å²) in [6.45, 7) is 4.49. The van der Waals surface area contributed by atoms with Crippen LogP contribution in [-0.4, -0.2) is 59.5 Å². The van der Waals surface area contributed by atoms with Crippen LogP contribution in [-0.2, 0) is 9.47 Å². The third-order valence-electron chi connectivity index (χ3n) is 4.93. The first-order chi connectivity index (χ1) is 11.2. The first kappa shape index (κ1) is 15.6. The van der Waals surface area contributed by atoms with Gasteiger partial charge in [-0.1, -0.05) is 0 Å². The first-order valence-electron chi connectivity index (χ1n) is 8.28. The van der Waals surface area contributed by atoms with Crippen LogP contribution in [0.15, 0.2) is 12.4 Å². The van der Waals surface area contributed by atoms with E-state index in [0.29, 0.717) is 18.0 Å². The quantitative estimate of drug-likeness (QED) is 0.837. The molecule has 1 spiro atoms. The molecule has 23 heavy (non-hydrogen) atoms. The van der Waals surface area contributed by atoms with Crippen molar-refractivity contribution in [3.63, 3.8) is 0 Å². The Morgan fingerprint density at radius 1 is 1.30 bits per heavy atom. The lowest BCUT2D eigenvalue weighted by Gasteiger charge is -2.47. The van der Waals surface area contributed by atoms with Gasteiger partial charge in [-0.2, -0.15) is 0 Å². The third-order valence-corrected chi connectivity index (χ3v) is 6.51. The number of nitrogens with zero attached hydrogens (tertiary/aromatic N) is 3. The predicted octanol–water partition coefficient (Wildman–Crippen LogP) is 2.12. The van der Waals surface area contributed by atoms with E-state index in [1.165, 1.54) is 12.4 Å². The summed E-state index contributed by atoms with van der Waals surface area (Å²) in [6.07, 6.45) is 6.17. The maximum absolute atomic E-state index is 12.9. The van der Waals surface area contributed by atoms with E-state index >= 15 is 0 Å². The van der Waals surface area contributed by atoms with Crippen LogP contribution in [0.25, 0.3) is 0 Å². The Labute approximate surface area is 140 Å². The summed E-state index contributed by atoms with van der Waals surface area (Å²) in [5.74, 6) is 1.97. The van der Waals surface area contributed by atoms with Crippen LogP contribution in [0.4, 0.5) is 10.3 Å². The molecule has 0 aromatic carbocycles. The first-order valence-corrected chi connectivity index (χ1v) is 9.27. The zero-order chi connectivity index (χ0) is 15.7. The second-order valence-corrected chi connectivity index (χ2v) is 8.25. The smallest absolute Gasteiger partial charge is 0.225 e. The zero-order valence-corrected chi connectivity index (χ0v) is 13.9. The number of thioether (sulfide) groups is 1. The molecular weight excluding hydrogens is 317 g/mol. The number of hydrogen-bond donors (Lipinski definition) is 0. The van der Waals surface area contributed by atoms with E-state index in [-0.39, 0.29) is 10.6 Å². The molecule has 0 unspecified atom stereocenters. The van der Waals surface area contributed by atoms with Gasteiger partial charge in [0, 0.05) is 38.7 Å². The molecule has 126 valence electrons. The Balaban J connectivity index is 1.24. The fourth-order valence-electron chi connectivity index (χ4n) is 3.57. The van der Waals surface area contributed by atoms with E-state index in [1.807, 2.05) is 11.8 Å². The van der Waals surface area contributed by atoms with E-state index in [9.17, 15) is 4.39 Å². The second-order valence-electron chi connectivity index (χ2n) is 6.77. The summed E-state index contributed by atoms with van der Waals surface area (Å²) in [5, 5.41) is 0. The SMILES string of the molecule is Fc1cnc(N2CC3(C[C@H](OCC4CCOCC4)CS3)C2)nc1. The van der Waals surface area contributed by atoms with Crippen molar-refractivity contribution in [1.29, 1.82) is 0 Å². The average molecular weight is 339 g/mol. The second kappa shape index (κ2) is 6.53. The Kier molecular flexibility index (Phi) is 4.43. The van der Waals surface area contributed by atoms with Gasteiger partial charge in [0.15, 0.2) is 5.82 Å². The summed E-state index contributed by atoms with van der Waals surface area (Å²) in [7, 11) is 0. The van der Waals surface area contributed by atoms with E-state index in [4.69, 9.17) is 9.47 Å². The minimum atomic E-state index is -0.388. The highest BCUT2D eigenvalue weighted by molar-refractivity contribution is 8.01. The Hall–Kier alpha value is -0.920. The molecule has 1 atom stereocenters. The summed E-state index contributed by atoms with van der Waals surface area (Å²) in [4.78, 5) is 10.2. The molecule has 5 nitrogen and oxygen atoms in total. The van der Waals surface area contributed by atoms with Crippen molar-refractivity contribution in [1.82, 2.24) is 9.97 Å². The molecule has 3 aliphatic heterocycles. The van der Waals surface area contributed by atoms with Gasteiger partial charge in [-0.05, 0) is 25.2 Å². The number of rotatable bonds is 4. The Bertz CT molecular complexity index is 533. The maximum Gasteiger partial charge on any atom is 0.225 e. The number of ether oxygens (including phenoxy) is 2. The molecule has 0 amide bonds. The number of hydrogen-bond acceptors (Lipinski definition) is 6. The highest BCUT2D eigenvalue weighted by atomic mass is 32.2. The highest BCUT2D eigenvalue weighted by Crippen LogP contribution is 2.46. The van der Waals surface area contributed by atoms with Gasteiger partial charge >= 0.3 is 0 Å². The predicted molar refractivity (Wildman–Crippen MR) is 87.3 cm³/mol. The van der Waals surface area contributed by atoms with Crippen molar-refractivity contribution in [3.8, 4) is 0 Å². The molecule has 0 saturated carbocycles. The van der Waals surface area contributed by atoms with E-state index < -0.39 is 0 Å². The average Bonchev–Trinajstić information content (AvgIpc) is 2.98. The van der Waals surface area contributed by atoms with Crippen LogP contribution in [0.3, 0.4) is 0 Å². The fourth-order valence-corrected chi connectivity index (χ4v) is 5.13. The highest BCUT2D eigenvalue weighted by Gasteiger charge is 2.50. The van der Waals surface area contributed by atoms with Crippen molar-refractivity contribution >= 4 is 17.7 Å². The molecule has 3 aliphatic rings. The molecular formula is C16H22FN3O2S. The zero-order valence-electron chi connectivity index (χ0n) is 13.1. The molecule has 7 heteroatoms.